The van der Waals surface area contributed by atoms with Crippen molar-refractivity contribution < 1.29 is 9.50 Å². The fraction of sp³-hybridized carbons (Fsp3) is 0.538. The van der Waals surface area contributed by atoms with Gasteiger partial charge in [0.05, 0.1) is 11.1 Å². The molecule has 2 rings (SSSR count). The SMILES string of the molecule is OCCN1CCN(Cc2cccc(F)c2Br)CC1. The predicted molar refractivity (Wildman–Crippen MR) is 72.9 cm³/mol. The van der Waals surface area contributed by atoms with Crippen molar-refractivity contribution in [3.8, 4) is 0 Å². The van der Waals surface area contributed by atoms with Crippen molar-refractivity contribution in [2.24, 2.45) is 0 Å². The van der Waals surface area contributed by atoms with Gasteiger partial charge in [0.15, 0.2) is 0 Å². The van der Waals surface area contributed by atoms with Crippen molar-refractivity contribution in [1.82, 2.24) is 9.80 Å². The Bertz CT molecular complexity index is 395. The summed E-state index contributed by atoms with van der Waals surface area (Å²) in [6, 6.07) is 5.16. The van der Waals surface area contributed by atoms with Crippen molar-refractivity contribution >= 4 is 15.9 Å². The highest BCUT2D eigenvalue weighted by atomic mass is 79.9. The molecular formula is C13H18BrFN2O. The minimum absolute atomic E-state index is 0.202. The monoisotopic (exact) mass is 316 g/mol. The number of hydrogen-bond donors (Lipinski definition) is 1. The second-order valence-electron chi connectivity index (χ2n) is 4.55. The van der Waals surface area contributed by atoms with Crippen molar-refractivity contribution in [2.45, 2.75) is 6.54 Å². The summed E-state index contributed by atoms with van der Waals surface area (Å²) >= 11 is 3.30. The zero-order chi connectivity index (χ0) is 13.0. The molecule has 1 heterocycles. The second-order valence-corrected chi connectivity index (χ2v) is 5.35. The second kappa shape index (κ2) is 6.61. The van der Waals surface area contributed by atoms with E-state index in [1.54, 1.807) is 6.07 Å². The third kappa shape index (κ3) is 3.51. The van der Waals surface area contributed by atoms with Crippen molar-refractivity contribution in [1.29, 1.82) is 0 Å². The van der Waals surface area contributed by atoms with E-state index in [9.17, 15) is 4.39 Å². The van der Waals surface area contributed by atoms with Gasteiger partial charge in [-0.1, -0.05) is 12.1 Å². The number of β-amino-alcohol motifs (C(OH)–C–C–N with tert-alkyl or cyclic N) is 1. The quantitative estimate of drug-likeness (QED) is 0.916. The first-order chi connectivity index (χ1) is 8.70. The van der Waals surface area contributed by atoms with Crippen LogP contribution < -0.4 is 0 Å². The van der Waals surface area contributed by atoms with Crippen LogP contribution in [0.3, 0.4) is 0 Å². The molecule has 0 atom stereocenters. The lowest BCUT2D eigenvalue weighted by Gasteiger charge is -2.34. The number of halogens is 2. The maximum Gasteiger partial charge on any atom is 0.137 e. The van der Waals surface area contributed by atoms with Crippen LogP contribution in [0.4, 0.5) is 4.39 Å². The summed E-state index contributed by atoms with van der Waals surface area (Å²) < 4.78 is 14.0. The lowest BCUT2D eigenvalue weighted by Crippen LogP contribution is -2.46. The van der Waals surface area contributed by atoms with Crippen LogP contribution in [0.5, 0.6) is 0 Å². The number of piperazine rings is 1. The van der Waals surface area contributed by atoms with Crippen LogP contribution in [0, 0.1) is 5.82 Å². The largest absolute Gasteiger partial charge is 0.395 e. The van der Waals surface area contributed by atoms with Crippen molar-refractivity contribution in [2.75, 3.05) is 39.3 Å². The molecule has 1 fully saturated rings. The highest BCUT2D eigenvalue weighted by molar-refractivity contribution is 9.10. The fourth-order valence-electron chi connectivity index (χ4n) is 2.22. The number of benzene rings is 1. The molecule has 5 heteroatoms. The Balaban J connectivity index is 1.90. The van der Waals surface area contributed by atoms with E-state index in [1.807, 2.05) is 6.07 Å². The lowest BCUT2D eigenvalue weighted by atomic mass is 10.2. The molecule has 1 aromatic carbocycles. The van der Waals surface area contributed by atoms with E-state index < -0.39 is 0 Å². The summed E-state index contributed by atoms with van der Waals surface area (Å²) in [5, 5.41) is 8.88. The Morgan fingerprint density at radius 3 is 2.50 bits per heavy atom. The lowest BCUT2D eigenvalue weighted by molar-refractivity contribution is 0.108. The van der Waals surface area contributed by atoms with Crippen molar-refractivity contribution in [3.05, 3.63) is 34.1 Å². The molecule has 0 aromatic heterocycles. The van der Waals surface area contributed by atoms with Gasteiger partial charge < -0.3 is 5.11 Å². The van der Waals surface area contributed by atoms with Gasteiger partial charge in [-0.3, -0.25) is 9.80 Å². The van der Waals surface area contributed by atoms with Crippen LogP contribution in [0.2, 0.25) is 0 Å². The van der Waals surface area contributed by atoms with E-state index in [-0.39, 0.29) is 12.4 Å². The average molecular weight is 317 g/mol. The van der Waals surface area contributed by atoms with Crippen LogP contribution >= 0.6 is 15.9 Å². The van der Waals surface area contributed by atoms with Gasteiger partial charge in [-0.2, -0.15) is 0 Å². The van der Waals surface area contributed by atoms with E-state index in [4.69, 9.17) is 5.11 Å². The molecule has 3 nitrogen and oxygen atoms in total. The maximum absolute atomic E-state index is 13.4. The Morgan fingerprint density at radius 2 is 1.83 bits per heavy atom. The van der Waals surface area contributed by atoms with Gasteiger partial charge in [-0.25, -0.2) is 4.39 Å². The predicted octanol–water partition coefficient (Wildman–Crippen LogP) is 1.70. The number of rotatable bonds is 4. The van der Waals surface area contributed by atoms with Crippen LogP contribution in [-0.2, 0) is 6.54 Å². The van der Waals surface area contributed by atoms with E-state index in [1.165, 1.54) is 6.07 Å². The molecular weight excluding hydrogens is 299 g/mol. The molecule has 0 saturated carbocycles. The first-order valence-electron chi connectivity index (χ1n) is 6.19. The topological polar surface area (TPSA) is 26.7 Å². The van der Waals surface area contributed by atoms with Gasteiger partial charge in [0, 0.05) is 39.3 Å². The Morgan fingerprint density at radius 1 is 1.17 bits per heavy atom. The molecule has 0 unspecified atom stereocenters. The van der Waals surface area contributed by atoms with E-state index in [0.717, 1.165) is 44.8 Å². The Kier molecular flexibility index (Phi) is 5.12. The summed E-state index contributed by atoms with van der Waals surface area (Å²) in [5.74, 6) is -0.202. The molecule has 0 spiro atoms. The van der Waals surface area contributed by atoms with Crippen LogP contribution in [0.25, 0.3) is 0 Å². The van der Waals surface area contributed by atoms with Gasteiger partial charge in [-0.15, -0.1) is 0 Å². The number of hydrogen-bond acceptors (Lipinski definition) is 3. The molecule has 1 saturated heterocycles. The van der Waals surface area contributed by atoms with Crippen LogP contribution in [0.1, 0.15) is 5.56 Å². The van der Waals surface area contributed by atoms with E-state index in [0.29, 0.717) is 4.47 Å². The first-order valence-corrected chi connectivity index (χ1v) is 6.98. The summed E-state index contributed by atoms with van der Waals surface area (Å²) in [4.78, 5) is 4.56. The smallest absolute Gasteiger partial charge is 0.137 e. The molecule has 18 heavy (non-hydrogen) atoms. The zero-order valence-electron chi connectivity index (χ0n) is 10.3. The van der Waals surface area contributed by atoms with E-state index in [2.05, 4.69) is 25.7 Å². The van der Waals surface area contributed by atoms with E-state index >= 15 is 0 Å². The Labute approximate surface area is 115 Å². The third-order valence-corrected chi connectivity index (χ3v) is 4.19. The number of aliphatic hydroxyl groups is 1. The molecule has 0 amide bonds. The summed E-state index contributed by atoms with van der Waals surface area (Å²) in [6.45, 7) is 5.59. The third-order valence-electron chi connectivity index (χ3n) is 3.31. The standard InChI is InChI=1S/C13H18BrFN2O/c14-13-11(2-1-3-12(13)15)10-17-6-4-16(5-7-17)8-9-18/h1-3,18H,4-10H2. The molecule has 0 aliphatic carbocycles. The normalized spacial score (nSPS) is 18.2. The average Bonchev–Trinajstić information content (AvgIpc) is 2.38. The Hall–Kier alpha value is -0.490. The minimum atomic E-state index is -0.202. The van der Waals surface area contributed by atoms with Gasteiger partial charge in [0.1, 0.15) is 5.82 Å². The maximum atomic E-state index is 13.4. The van der Waals surface area contributed by atoms with Crippen molar-refractivity contribution in [3.63, 3.8) is 0 Å². The first kappa shape index (κ1) is 13.9. The molecule has 0 radical (unpaired) electrons. The molecule has 1 aromatic rings. The minimum Gasteiger partial charge on any atom is -0.395 e. The highest BCUT2D eigenvalue weighted by Gasteiger charge is 2.17. The molecule has 100 valence electrons. The number of nitrogens with zero attached hydrogens (tertiary/aromatic N) is 2. The van der Waals surface area contributed by atoms with Crippen LogP contribution in [0.15, 0.2) is 22.7 Å². The van der Waals surface area contributed by atoms with Gasteiger partial charge in [-0.05, 0) is 27.6 Å². The molecule has 1 aliphatic heterocycles. The summed E-state index contributed by atoms with van der Waals surface area (Å²) in [6.07, 6.45) is 0. The number of aliphatic hydroxyl groups excluding tert-OH is 1. The highest BCUT2D eigenvalue weighted by Crippen LogP contribution is 2.22. The fourth-order valence-corrected chi connectivity index (χ4v) is 2.61. The van der Waals surface area contributed by atoms with Crippen LogP contribution in [-0.4, -0.2) is 54.2 Å². The van der Waals surface area contributed by atoms with Gasteiger partial charge in [0.25, 0.3) is 0 Å². The molecule has 1 aliphatic rings. The zero-order valence-corrected chi connectivity index (χ0v) is 11.9. The van der Waals surface area contributed by atoms with Gasteiger partial charge >= 0.3 is 0 Å². The molecule has 1 N–H and O–H groups in total. The summed E-state index contributed by atoms with van der Waals surface area (Å²) in [5.41, 5.74) is 0.991. The molecule has 0 bridgehead atoms. The van der Waals surface area contributed by atoms with Gasteiger partial charge in [0.2, 0.25) is 0 Å². The summed E-state index contributed by atoms with van der Waals surface area (Å²) in [7, 11) is 0.